The Labute approximate surface area is 116 Å². The molecule has 1 atom stereocenters. The van der Waals surface area contributed by atoms with Gasteiger partial charge in [-0.25, -0.2) is 0 Å². The molecule has 19 heavy (non-hydrogen) atoms. The van der Waals surface area contributed by atoms with Gasteiger partial charge in [0.2, 0.25) is 0 Å². The predicted molar refractivity (Wildman–Crippen MR) is 79.7 cm³/mol. The Morgan fingerprint density at radius 3 is 2.84 bits per heavy atom. The second kappa shape index (κ2) is 8.18. The average molecular weight is 262 g/mol. The van der Waals surface area contributed by atoms with Crippen LogP contribution in [0.15, 0.2) is 30.3 Å². The number of rotatable bonds is 7. The van der Waals surface area contributed by atoms with Crippen LogP contribution < -0.4 is 10.1 Å². The second-order valence-electron chi connectivity index (χ2n) is 5.42. The number of piperidine rings is 1. The first kappa shape index (κ1) is 14.4. The number of para-hydroxylation sites is 1. The summed E-state index contributed by atoms with van der Waals surface area (Å²) < 4.78 is 5.70. The maximum absolute atomic E-state index is 5.70. The Kier molecular flexibility index (Phi) is 6.18. The van der Waals surface area contributed by atoms with Gasteiger partial charge < -0.3 is 15.0 Å². The third kappa shape index (κ3) is 5.62. The highest BCUT2D eigenvalue weighted by atomic mass is 16.5. The van der Waals surface area contributed by atoms with E-state index in [1.165, 1.54) is 25.8 Å². The molecule has 1 heterocycles. The largest absolute Gasteiger partial charge is 0.494 e. The zero-order valence-electron chi connectivity index (χ0n) is 12.0. The molecule has 1 unspecified atom stereocenters. The number of likely N-dealkylation sites (N-methyl/N-ethyl adjacent to an activating group) is 1. The van der Waals surface area contributed by atoms with Crippen molar-refractivity contribution in [2.24, 2.45) is 0 Å². The molecule has 106 valence electrons. The Bertz CT molecular complexity index is 336. The van der Waals surface area contributed by atoms with Crippen molar-refractivity contribution >= 4 is 0 Å². The summed E-state index contributed by atoms with van der Waals surface area (Å²) in [7, 11) is 2.21. The summed E-state index contributed by atoms with van der Waals surface area (Å²) in [5.41, 5.74) is 0. The van der Waals surface area contributed by atoms with E-state index in [-0.39, 0.29) is 0 Å². The van der Waals surface area contributed by atoms with Gasteiger partial charge in [-0.05, 0) is 45.0 Å². The van der Waals surface area contributed by atoms with Crippen molar-refractivity contribution in [3.63, 3.8) is 0 Å². The molecule has 0 radical (unpaired) electrons. The number of hydrogen-bond acceptors (Lipinski definition) is 3. The number of ether oxygens (including phenoxy) is 1. The molecule has 0 amide bonds. The highest BCUT2D eigenvalue weighted by Gasteiger charge is 2.13. The normalized spacial score (nSPS) is 19.6. The van der Waals surface area contributed by atoms with Crippen LogP contribution in [0.1, 0.15) is 25.7 Å². The van der Waals surface area contributed by atoms with Gasteiger partial charge in [0, 0.05) is 19.1 Å². The van der Waals surface area contributed by atoms with E-state index < -0.39 is 0 Å². The Hall–Kier alpha value is -1.06. The van der Waals surface area contributed by atoms with E-state index >= 15 is 0 Å². The molecule has 3 heteroatoms. The summed E-state index contributed by atoms with van der Waals surface area (Å²) in [6.07, 6.45) is 5.12. The molecule has 2 rings (SSSR count). The standard InChI is InChI=1S/C16H26N2O/c1-18(14-15-8-5-6-11-17-15)12-7-13-19-16-9-3-2-4-10-16/h2-4,9-10,15,17H,5-8,11-14H2,1H3. The van der Waals surface area contributed by atoms with Gasteiger partial charge in [-0.1, -0.05) is 24.6 Å². The predicted octanol–water partition coefficient (Wildman–Crippen LogP) is 2.53. The van der Waals surface area contributed by atoms with Crippen LogP contribution in [-0.2, 0) is 0 Å². The lowest BCUT2D eigenvalue weighted by atomic mass is 10.0. The van der Waals surface area contributed by atoms with Crippen LogP contribution in [0.25, 0.3) is 0 Å². The lowest BCUT2D eigenvalue weighted by molar-refractivity contribution is 0.233. The van der Waals surface area contributed by atoms with Crippen molar-refractivity contribution in [2.45, 2.75) is 31.7 Å². The monoisotopic (exact) mass is 262 g/mol. The Balaban J connectivity index is 1.55. The van der Waals surface area contributed by atoms with Gasteiger partial charge in [-0.3, -0.25) is 0 Å². The van der Waals surface area contributed by atoms with Gasteiger partial charge in [-0.15, -0.1) is 0 Å². The van der Waals surface area contributed by atoms with Gasteiger partial charge in [0.1, 0.15) is 5.75 Å². The highest BCUT2D eigenvalue weighted by molar-refractivity contribution is 5.20. The zero-order valence-corrected chi connectivity index (χ0v) is 12.0. The minimum absolute atomic E-state index is 0.689. The first-order valence-corrected chi connectivity index (χ1v) is 7.44. The smallest absolute Gasteiger partial charge is 0.119 e. The number of benzene rings is 1. The third-order valence-corrected chi connectivity index (χ3v) is 3.64. The molecule has 0 spiro atoms. The molecule has 1 aliphatic heterocycles. The van der Waals surface area contributed by atoms with E-state index in [0.29, 0.717) is 6.04 Å². The topological polar surface area (TPSA) is 24.5 Å². The second-order valence-corrected chi connectivity index (χ2v) is 5.42. The molecule has 1 fully saturated rings. The lowest BCUT2D eigenvalue weighted by Gasteiger charge is -2.28. The van der Waals surface area contributed by atoms with E-state index in [1.54, 1.807) is 0 Å². The fraction of sp³-hybridized carbons (Fsp3) is 0.625. The molecule has 0 bridgehead atoms. The van der Waals surface area contributed by atoms with Crippen molar-refractivity contribution in [3.8, 4) is 5.75 Å². The molecule has 1 N–H and O–H groups in total. The van der Waals surface area contributed by atoms with E-state index in [0.717, 1.165) is 31.9 Å². The fourth-order valence-corrected chi connectivity index (χ4v) is 2.59. The molecule has 1 saturated heterocycles. The number of hydrogen-bond donors (Lipinski definition) is 1. The summed E-state index contributed by atoms with van der Waals surface area (Å²) in [5, 5.41) is 3.59. The molecule has 0 aromatic heterocycles. The lowest BCUT2D eigenvalue weighted by Crippen LogP contribution is -2.42. The van der Waals surface area contributed by atoms with Crippen LogP contribution >= 0.6 is 0 Å². The van der Waals surface area contributed by atoms with E-state index in [4.69, 9.17) is 4.74 Å². The van der Waals surface area contributed by atoms with Crippen LogP contribution in [0.3, 0.4) is 0 Å². The van der Waals surface area contributed by atoms with E-state index in [9.17, 15) is 0 Å². The van der Waals surface area contributed by atoms with Crippen LogP contribution in [0.5, 0.6) is 5.75 Å². The van der Waals surface area contributed by atoms with Crippen molar-refractivity contribution in [1.82, 2.24) is 10.2 Å². The van der Waals surface area contributed by atoms with Gasteiger partial charge >= 0.3 is 0 Å². The SMILES string of the molecule is CN(CCCOc1ccccc1)CC1CCCCN1. The minimum atomic E-state index is 0.689. The highest BCUT2D eigenvalue weighted by Crippen LogP contribution is 2.09. The molecule has 3 nitrogen and oxygen atoms in total. The van der Waals surface area contributed by atoms with Crippen molar-refractivity contribution in [1.29, 1.82) is 0 Å². The van der Waals surface area contributed by atoms with Crippen LogP contribution in [0, 0.1) is 0 Å². The molecular formula is C16H26N2O. The van der Waals surface area contributed by atoms with E-state index in [2.05, 4.69) is 17.3 Å². The Morgan fingerprint density at radius 2 is 2.11 bits per heavy atom. The van der Waals surface area contributed by atoms with Crippen LogP contribution in [0.4, 0.5) is 0 Å². The maximum Gasteiger partial charge on any atom is 0.119 e. The summed E-state index contributed by atoms with van der Waals surface area (Å²) in [4.78, 5) is 2.41. The molecular weight excluding hydrogens is 236 g/mol. The summed E-state index contributed by atoms with van der Waals surface area (Å²) in [6, 6.07) is 10.7. The van der Waals surface area contributed by atoms with Gasteiger partial charge in [0.05, 0.1) is 6.61 Å². The summed E-state index contributed by atoms with van der Waals surface area (Å²) in [5.74, 6) is 0.971. The van der Waals surface area contributed by atoms with Gasteiger partial charge in [0.15, 0.2) is 0 Å². The first-order chi connectivity index (χ1) is 9.34. The van der Waals surface area contributed by atoms with Crippen molar-refractivity contribution in [2.75, 3.05) is 33.3 Å². The Morgan fingerprint density at radius 1 is 1.26 bits per heavy atom. The molecule has 1 aromatic rings. The van der Waals surface area contributed by atoms with Crippen LogP contribution in [0.2, 0.25) is 0 Å². The summed E-state index contributed by atoms with van der Waals surface area (Å²) >= 11 is 0. The minimum Gasteiger partial charge on any atom is -0.494 e. The van der Waals surface area contributed by atoms with Gasteiger partial charge in [0.25, 0.3) is 0 Å². The molecule has 1 aromatic carbocycles. The molecule has 1 aliphatic rings. The summed E-state index contributed by atoms with van der Waals surface area (Å²) in [6.45, 7) is 4.25. The number of nitrogens with zero attached hydrogens (tertiary/aromatic N) is 1. The van der Waals surface area contributed by atoms with Crippen molar-refractivity contribution in [3.05, 3.63) is 30.3 Å². The average Bonchev–Trinajstić information content (AvgIpc) is 2.46. The number of nitrogens with one attached hydrogen (secondary N) is 1. The molecule has 0 saturated carbocycles. The molecule has 0 aliphatic carbocycles. The quantitative estimate of drug-likeness (QED) is 0.764. The first-order valence-electron chi connectivity index (χ1n) is 7.44. The fourth-order valence-electron chi connectivity index (χ4n) is 2.59. The van der Waals surface area contributed by atoms with Crippen LogP contribution in [-0.4, -0.2) is 44.2 Å². The van der Waals surface area contributed by atoms with Gasteiger partial charge in [-0.2, -0.15) is 0 Å². The van der Waals surface area contributed by atoms with Crippen molar-refractivity contribution < 1.29 is 4.74 Å². The van der Waals surface area contributed by atoms with E-state index in [1.807, 2.05) is 30.3 Å². The zero-order chi connectivity index (χ0) is 13.3. The third-order valence-electron chi connectivity index (χ3n) is 3.64. The maximum atomic E-state index is 5.70.